The highest BCUT2D eigenvalue weighted by molar-refractivity contribution is 6.33. The molecule has 0 spiro atoms. The van der Waals surface area contributed by atoms with Crippen molar-refractivity contribution in [1.82, 2.24) is 4.90 Å². The van der Waals surface area contributed by atoms with E-state index in [-0.39, 0.29) is 6.03 Å². The van der Waals surface area contributed by atoms with E-state index < -0.39 is 0 Å². The second kappa shape index (κ2) is 8.79. The number of amides is 2. The number of hydrogen-bond donors (Lipinski definition) is 1. The van der Waals surface area contributed by atoms with Gasteiger partial charge in [0.05, 0.1) is 22.3 Å². The molecule has 0 aromatic heterocycles. The topological polar surface area (TPSA) is 59.4 Å². The largest absolute Gasteiger partial charge is 0.370 e. The molecule has 0 aliphatic carbocycles. The lowest BCUT2D eigenvalue weighted by atomic mass is 10.1. The van der Waals surface area contributed by atoms with Crippen LogP contribution in [-0.2, 0) is 6.54 Å². The van der Waals surface area contributed by atoms with Gasteiger partial charge in [0.1, 0.15) is 0 Å². The fourth-order valence-corrected chi connectivity index (χ4v) is 3.58. The minimum atomic E-state index is -0.223. The van der Waals surface area contributed by atoms with Crippen LogP contribution in [-0.4, -0.2) is 31.1 Å². The Morgan fingerprint density at radius 2 is 2.00 bits per heavy atom. The van der Waals surface area contributed by atoms with E-state index in [9.17, 15) is 4.79 Å². The van der Waals surface area contributed by atoms with Crippen molar-refractivity contribution in [1.29, 1.82) is 5.26 Å². The predicted octanol–water partition coefficient (Wildman–Crippen LogP) is 4.87. The zero-order valence-electron chi connectivity index (χ0n) is 15.4. The van der Waals surface area contributed by atoms with Gasteiger partial charge in [-0.2, -0.15) is 5.26 Å². The van der Waals surface area contributed by atoms with Crippen molar-refractivity contribution in [2.45, 2.75) is 25.8 Å². The first-order valence-corrected chi connectivity index (χ1v) is 9.50. The third kappa shape index (κ3) is 4.93. The van der Waals surface area contributed by atoms with Crippen LogP contribution in [0.1, 0.15) is 30.4 Å². The number of anilines is 2. The number of rotatable bonds is 4. The van der Waals surface area contributed by atoms with Crippen LogP contribution in [0.25, 0.3) is 0 Å². The van der Waals surface area contributed by atoms with Crippen molar-refractivity contribution in [2.75, 3.05) is 30.4 Å². The van der Waals surface area contributed by atoms with Crippen LogP contribution in [0.2, 0.25) is 5.02 Å². The average molecular weight is 383 g/mol. The van der Waals surface area contributed by atoms with Crippen LogP contribution < -0.4 is 10.2 Å². The molecular formula is C21H23ClN4O. The van der Waals surface area contributed by atoms with Gasteiger partial charge < -0.3 is 15.1 Å². The lowest BCUT2D eigenvalue weighted by Crippen LogP contribution is -2.31. The molecule has 2 aromatic rings. The van der Waals surface area contributed by atoms with Crippen molar-refractivity contribution < 1.29 is 4.79 Å². The molecular weight excluding hydrogens is 360 g/mol. The zero-order valence-corrected chi connectivity index (χ0v) is 16.2. The number of benzene rings is 2. The first-order valence-electron chi connectivity index (χ1n) is 9.12. The van der Waals surface area contributed by atoms with E-state index in [2.05, 4.69) is 16.3 Å². The van der Waals surface area contributed by atoms with Gasteiger partial charge in [0.25, 0.3) is 0 Å². The number of hydrogen-bond acceptors (Lipinski definition) is 3. The summed E-state index contributed by atoms with van der Waals surface area (Å²) in [7, 11) is 1.72. The van der Waals surface area contributed by atoms with Crippen molar-refractivity contribution in [3.05, 3.63) is 58.6 Å². The molecule has 0 atom stereocenters. The van der Waals surface area contributed by atoms with Crippen molar-refractivity contribution >= 4 is 29.0 Å². The number of halogens is 1. The minimum absolute atomic E-state index is 0.223. The second-order valence-corrected chi connectivity index (χ2v) is 7.22. The smallest absolute Gasteiger partial charge is 0.321 e. The summed E-state index contributed by atoms with van der Waals surface area (Å²) in [6, 6.07) is 14.8. The summed E-state index contributed by atoms with van der Waals surface area (Å²) in [6.07, 6.45) is 3.64. The molecule has 6 heteroatoms. The zero-order chi connectivity index (χ0) is 19.2. The van der Waals surface area contributed by atoms with Gasteiger partial charge in [-0.25, -0.2) is 4.79 Å². The van der Waals surface area contributed by atoms with Crippen LogP contribution in [0.5, 0.6) is 0 Å². The molecule has 0 bridgehead atoms. The second-order valence-electron chi connectivity index (χ2n) is 6.81. The van der Waals surface area contributed by atoms with Gasteiger partial charge in [0.15, 0.2) is 0 Å². The standard InChI is InChI=1S/C21H23ClN4O/c1-25(15-17-7-5-6-16(12-17)14-23)21(27)24-18-8-9-20(19(22)13-18)26-10-3-2-4-11-26/h5-9,12-13H,2-4,10-11,15H2,1H3,(H,24,27). The summed E-state index contributed by atoms with van der Waals surface area (Å²) < 4.78 is 0. The maximum Gasteiger partial charge on any atom is 0.321 e. The van der Waals surface area contributed by atoms with E-state index in [0.29, 0.717) is 22.8 Å². The number of nitriles is 1. The molecule has 1 heterocycles. The number of carbonyl (C=O) groups excluding carboxylic acids is 1. The van der Waals surface area contributed by atoms with E-state index >= 15 is 0 Å². The fraction of sp³-hybridized carbons (Fsp3) is 0.333. The molecule has 1 aliphatic heterocycles. The Morgan fingerprint density at radius 3 is 2.70 bits per heavy atom. The molecule has 1 aliphatic rings. The van der Waals surface area contributed by atoms with Gasteiger partial charge >= 0.3 is 6.03 Å². The number of urea groups is 1. The maximum absolute atomic E-state index is 12.5. The Morgan fingerprint density at radius 1 is 1.22 bits per heavy atom. The molecule has 2 amide bonds. The molecule has 5 nitrogen and oxygen atoms in total. The summed E-state index contributed by atoms with van der Waals surface area (Å²) in [4.78, 5) is 16.3. The molecule has 0 radical (unpaired) electrons. The van der Waals surface area contributed by atoms with Gasteiger partial charge in [0.2, 0.25) is 0 Å². The highest BCUT2D eigenvalue weighted by atomic mass is 35.5. The van der Waals surface area contributed by atoms with E-state index in [4.69, 9.17) is 16.9 Å². The van der Waals surface area contributed by atoms with Gasteiger partial charge in [0, 0.05) is 32.4 Å². The Kier molecular flexibility index (Phi) is 6.20. The first kappa shape index (κ1) is 19.1. The lowest BCUT2D eigenvalue weighted by Gasteiger charge is -2.29. The van der Waals surface area contributed by atoms with Crippen molar-refractivity contribution in [3.63, 3.8) is 0 Å². The van der Waals surface area contributed by atoms with Gasteiger partial charge in [-0.1, -0.05) is 23.7 Å². The average Bonchev–Trinajstić information content (AvgIpc) is 2.69. The van der Waals surface area contributed by atoms with Gasteiger partial charge in [-0.05, 0) is 55.2 Å². The van der Waals surface area contributed by atoms with Crippen molar-refractivity contribution in [2.24, 2.45) is 0 Å². The van der Waals surface area contributed by atoms with E-state index in [1.54, 1.807) is 30.1 Å². The molecule has 27 heavy (non-hydrogen) atoms. The van der Waals surface area contributed by atoms with E-state index in [1.165, 1.54) is 19.3 Å². The number of piperidine rings is 1. The lowest BCUT2D eigenvalue weighted by molar-refractivity contribution is 0.220. The summed E-state index contributed by atoms with van der Waals surface area (Å²) in [5.41, 5.74) is 3.19. The Balaban J connectivity index is 1.62. The minimum Gasteiger partial charge on any atom is -0.370 e. The summed E-state index contributed by atoms with van der Waals surface area (Å²) in [5, 5.41) is 12.5. The molecule has 3 rings (SSSR count). The number of nitrogens with zero attached hydrogens (tertiary/aromatic N) is 3. The first-order chi connectivity index (χ1) is 13.1. The van der Waals surface area contributed by atoms with Crippen LogP contribution in [0.3, 0.4) is 0 Å². The van der Waals surface area contributed by atoms with E-state index in [1.807, 2.05) is 24.3 Å². The summed E-state index contributed by atoms with van der Waals surface area (Å²) >= 11 is 6.45. The Labute approximate surface area is 165 Å². The van der Waals surface area contributed by atoms with Crippen LogP contribution in [0.4, 0.5) is 16.2 Å². The molecule has 2 aromatic carbocycles. The Bertz CT molecular complexity index is 856. The third-order valence-corrected chi connectivity index (χ3v) is 5.02. The summed E-state index contributed by atoms with van der Waals surface area (Å²) in [5.74, 6) is 0. The highest BCUT2D eigenvalue weighted by Crippen LogP contribution is 2.30. The SMILES string of the molecule is CN(Cc1cccc(C#N)c1)C(=O)Nc1ccc(N2CCCCC2)c(Cl)c1. The van der Waals surface area contributed by atoms with Crippen LogP contribution in [0.15, 0.2) is 42.5 Å². The van der Waals surface area contributed by atoms with Crippen LogP contribution in [0, 0.1) is 11.3 Å². The Hall–Kier alpha value is -2.71. The monoisotopic (exact) mass is 382 g/mol. The summed E-state index contributed by atoms with van der Waals surface area (Å²) in [6.45, 7) is 2.47. The molecule has 1 saturated heterocycles. The normalized spacial score (nSPS) is 13.7. The maximum atomic E-state index is 12.5. The van der Waals surface area contributed by atoms with Crippen LogP contribution >= 0.6 is 11.6 Å². The highest BCUT2D eigenvalue weighted by Gasteiger charge is 2.15. The molecule has 1 fully saturated rings. The van der Waals surface area contributed by atoms with Gasteiger partial charge in [-0.15, -0.1) is 0 Å². The molecule has 1 N–H and O–H groups in total. The van der Waals surface area contributed by atoms with E-state index in [0.717, 1.165) is 24.3 Å². The number of nitrogens with one attached hydrogen (secondary N) is 1. The third-order valence-electron chi connectivity index (χ3n) is 4.72. The predicted molar refractivity (Wildman–Crippen MR) is 109 cm³/mol. The molecule has 0 unspecified atom stereocenters. The van der Waals surface area contributed by atoms with Crippen molar-refractivity contribution in [3.8, 4) is 6.07 Å². The molecule has 140 valence electrons. The molecule has 0 saturated carbocycles. The fourth-order valence-electron chi connectivity index (χ4n) is 3.28. The number of carbonyl (C=O) groups is 1. The van der Waals surface area contributed by atoms with Gasteiger partial charge in [-0.3, -0.25) is 0 Å². The quantitative estimate of drug-likeness (QED) is 0.820.